The van der Waals surface area contributed by atoms with Crippen LogP contribution < -0.4 is 14.2 Å². The zero-order valence-corrected chi connectivity index (χ0v) is 12.7. The van der Waals surface area contributed by atoms with E-state index in [2.05, 4.69) is 5.10 Å². The highest BCUT2D eigenvalue weighted by atomic mass is 16.5. The molecule has 0 aliphatic heterocycles. The van der Waals surface area contributed by atoms with E-state index >= 15 is 0 Å². The summed E-state index contributed by atoms with van der Waals surface area (Å²) in [5, 5.41) is 14.7. The molecule has 0 saturated carbocycles. The van der Waals surface area contributed by atoms with Gasteiger partial charge in [-0.2, -0.15) is 5.10 Å². The van der Waals surface area contributed by atoms with E-state index < -0.39 is 6.10 Å². The molecule has 0 aliphatic carbocycles. The van der Waals surface area contributed by atoms with Crippen LogP contribution in [0.4, 0.5) is 0 Å². The molecule has 0 amide bonds. The lowest BCUT2D eigenvalue weighted by molar-refractivity contribution is 0.218. The number of rotatable bonds is 6. The van der Waals surface area contributed by atoms with Crippen LogP contribution in [0.5, 0.6) is 17.2 Å². The number of methoxy groups -OCH3 is 3. The maximum Gasteiger partial charge on any atom is 0.203 e. The van der Waals surface area contributed by atoms with Crippen molar-refractivity contribution in [3.63, 3.8) is 0 Å². The van der Waals surface area contributed by atoms with Gasteiger partial charge in [0.25, 0.3) is 0 Å². The van der Waals surface area contributed by atoms with Crippen molar-refractivity contribution < 1.29 is 19.3 Å². The van der Waals surface area contributed by atoms with Crippen LogP contribution in [0.15, 0.2) is 24.5 Å². The van der Waals surface area contributed by atoms with Crippen LogP contribution in [0.25, 0.3) is 0 Å². The van der Waals surface area contributed by atoms with E-state index in [-0.39, 0.29) is 0 Å². The van der Waals surface area contributed by atoms with Crippen molar-refractivity contribution in [2.75, 3.05) is 21.3 Å². The molecular formula is C15H20N2O4. The average molecular weight is 292 g/mol. The second-order valence-corrected chi connectivity index (χ2v) is 4.49. The smallest absolute Gasteiger partial charge is 0.203 e. The maximum absolute atomic E-state index is 10.5. The summed E-state index contributed by atoms with van der Waals surface area (Å²) in [5.41, 5.74) is 1.37. The summed E-state index contributed by atoms with van der Waals surface area (Å²) >= 11 is 0. The first-order valence-corrected chi connectivity index (χ1v) is 6.64. The molecule has 2 aromatic rings. The second kappa shape index (κ2) is 6.49. The normalized spacial score (nSPS) is 12.0. The molecule has 21 heavy (non-hydrogen) atoms. The van der Waals surface area contributed by atoms with Crippen molar-refractivity contribution in [1.29, 1.82) is 0 Å². The topological polar surface area (TPSA) is 65.7 Å². The minimum Gasteiger partial charge on any atom is -0.493 e. The van der Waals surface area contributed by atoms with Gasteiger partial charge in [-0.25, -0.2) is 0 Å². The van der Waals surface area contributed by atoms with E-state index in [9.17, 15) is 5.11 Å². The maximum atomic E-state index is 10.5. The summed E-state index contributed by atoms with van der Waals surface area (Å²) in [6.45, 7) is 2.74. The van der Waals surface area contributed by atoms with E-state index in [1.807, 2.05) is 13.1 Å². The first-order chi connectivity index (χ1) is 10.1. The SMILES string of the molecule is CCn1cc(C(O)c2cc(OC)c(OC)c(OC)c2)cn1. The van der Waals surface area contributed by atoms with Gasteiger partial charge in [0.1, 0.15) is 6.10 Å². The lowest BCUT2D eigenvalue weighted by Gasteiger charge is -2.16. The highest BCUT2D eigenvalue weighted by molar-refractivity contribution is 5.55. The largest absolute Gasteiger partial charge is 0.493 e. The number of aliphatic hydroxyl groups excluding tert-OH is 1. The number of aryl methyl sites for hydroxylation is 1. The number of aromatic nitrogens is 2. The molecule has 0 bridgehead atoms. The Morgan fingerprint density at radius 3 is 2.14 bits per heavy atom. The highest BCUT2D eigenvalue weighted by Crippen LogP contribution is 2.40. The van der Waals surface area contributed by atoms with Gasteiger partial charge in [0.2, 0.25) is 5.75 Å². The Balaban J connectivity index is 2.43. The number of ether oxygens (including phenoxy) is 3. The van der Waals surface area contributed by atoms with Crippen molar-refractivity contribution in [1.82, 2.24) is 9.78 Å². The number of benzene rings is 1. The first kappa shape index (κ1) is 15.2. The van der Waals surface area contributed by atoms with Gasteiger partial charge in [0, 0.05) is 18.3 Å². The summed E-state index contributed by atoms with van der Waals surface area (Å²) in [4.78, 5) is 0. The van der Waals surface area contributed by atoms with Gasteiger partial charge in [-0.05, 0) is 24.6 Å². The third-order valence-corrected chi connectivity index (χ3v) is 3.30. The third kappa shape index (κ3) is 2.95. The molecule has 6 heteroatoms. The van der Waals surface area contributed by atoms with Gasteiger partial charge in [-0.3, -0.25) is 4.68 Å². The van der Waals surface area contributed by atoms with Gasteiger partial charge in [-0.15, -0.1) is 0 Å². The Morgan fingerprint density at radius 2 is 1.71 bits per heavy atom. The third-order valence-electron chi connectivity index (χ3n) is 3.30. The lowest BCUT2D eigenvalue weighted by atomic mass is 10.0. The van der Waals surface area contributed by atoms with Crippen LogP contribution >= 0.6 is 0 Å². The number of hydrogen-bond donors (Lipinski definition) is 1. The van der Waals surface area contributed by atoms with Crippen molar-refractivity contribution in [2.45, 2.75) is 19.6 Å². The molecular weight excluding hydrogens is 272 g/mol. The monoisotopic (exact) mass is 292 g/mol. The molecule has 0 fully saturated rings. The van der Waals surface area contributed by atoms with Crippen molar-refractivity contribution in [3.8, 4) is 17.2 Å². The molecule has 1 heterocycles. The van der Waals surface area contributed by atoms with Gasteiger partial charge in [0.15, 0.2) is 11.5 Å². The van der Waals surface area contributed by atoms with Gasteiger partial charge >= 0.3 is 0 Å². The Kier molecular flexibility index (Phi) is 4.70. The van der Waals surface area contributed by atoms with E-state index in [4.69, 9.17) is 14.2 Å². The lowest BCUT2D eigenvalue weighted by Crippen LogP contribution is -2.02. The fourth-order valence-electron chi connectivity index (χ4n) is 2.15. The molecule has 1 aromatic heterocycles. The van der Waals surface area contributed by atoms with Crippen LogP contribution in [0.3, 0.4) is 0 Å². The van der Waals surface area contributed by atoms with Gasteiger partial charge < -0.3 is 19.3 Å². The summed E-state index contributed by atoms with van der Waals surface area (Å²) in [6, 6.07) is 3.46. The molecule has 2 rings (SSSR count). The molecule has 0 radical (unpaired) electrons. The minimum atomic E-state index is -0.806. The zero-order valence-electron chi connectivity index (χ0n) is 12.7. The van der Waals surface area contributed by atoms with E-state index in [0.717, 1.165) is 6.54 Å². The van der Waals surface area contributed by atoms with E-state index in [1.165, 1.54) is 0 Å². The molecule has 0 saturated heterocycles. The summed E-state index contributed by atoms with van der Waals surface area (Å²) in [6.07, 6.45) is 2.66. The van der Waals surface area contributed by atoms with Crippen LogP contribution in [0.2, 0.25) is 0 Å². The average Bonchev–Trinajstić information content (AvgIpc) is 3.01. The van der Waals surface area contributed by atoms with Crippen molar-refractivity contribution in [3.05, 3.63) is 35.7 Å². The number of nitrogens with zero attached hydrogens (tertiary/aromatic N) is 2. The number of aliphatic hydroxyl groups is 1. The van der Waals surface area contributed by atoms with Crippen LogP contribution in [0, 0.1) is 0 Å². The van der Waals surface area contributed by atoms with Crippen LogP contribution in [0.1, 0.15) is 24.2 Å². The van der Waals surface area contributed by atoms with Crippen LogP contribution in [-0.2, 0) is 6.54 Å². The first-order valence-electron chi connectivity index (χ1n) is 6.64. The fraction of sp³-hybridized carbons (Fsp3) is 0.400. The molecule has 1 atom stereocenters. The molecule has 114 valence electrons. The predicted molar refractivity (Wildman–Crippen MR) is 78.1 cm³/mol. The predicted octanol–water partition coefficient (Wildman–Crippen LogP) is 2.01. The summed E-state index contributed by atoms with van der Waals surface area (Å²) in [7, 11) is 4.63. The Morgan fingerprint density at radius 1 is 1.10 bits per heavy atom. The summed E-state index contributed by atoms with van der Waals surface area (Å²) in [5.74, 6) is 1.52. The highest BCUT2D eigenvalue weighted by Gasteiger charge is 2.19. The summed E-state index contributed by atoms with van der Waals surface area (Å²) < 4.78 is 17.6. The molecule has 1 N–H and O–H groups in total. The van der Waals surface area contributed by atoms with Crippen LogP contribution in [-0.4, -0.2) is 36.2 Å². The zero-order chi connectivity index (χ0) is 15.4. The van der Waals surface area contributed by atoms with Crippen molar-refractivity contribution in [2.24, 2.45) is 0 Å². The second-order valence-electron chi connectivity index (χ2n) is 4.49. The molecule has 1 aromatic carbocycles. The number of hydrogen-bond acceptors (Lipinski definition) is 5. The quantitative estimate of drug-likeness (QED) is 0.882. The molecule has 0 spiro atoms. The van der Waals surface area contributed by atoms with Gasteiger partial charge in [-0.1, -0.05) is 0 Å². The van der Waals surface area contributed by atoms with Crippen molar-refractivity contribution >= 4 is 0 Å². The molecule has 6 nitrogen and oxygen atoms in total. The fourth-order valence-corrected chi connectivity index (χ4v) is 2.15. The minimum absolute atomic E-state index is 0.500. The van der Waals surface area contributed by atoms with E-state index in [1.54, 1.807) is 44.3 Å². The molecule has 0 aliphatic rings. The Bertz CT molecular complexity index is 584. The Labute approximate surface area is 123 Å². The Hall–Kier alpha value is -2.21. The van der Waals surface area contributed by atoms with E-state index in [0.29, 0.717) is 28.4 Å². The molecule has 1 unspecified atom stereocenters. The van der Waals surface area contributed by atoms with Gasteiger partial charge in [0.05, 0.1) is 27.5 Å². The standard InChI is InChI=1S/C15H20N2O4/c1-5-17-9-11(8-16-17)14(18)10-6-12(19-2)15(21-4)13(7-10)20-3/h6-9,14,18H,5H2,1-4H3.